The second kappa shape index (κ2) is 9.94. The minimum atomic E-state index is -0.882. The van der Waals surface area contributed by atoms with Crippen LogP contribution in [0.3, 0.4) is 0 Å². The number of barbiturate groups is 1. The Kier molecular flexibility index (Phi) is 6.53. The summed E-state index contributed by atoms with van der Waals surface area (Å²) in [6.45, 7) is 0.194. The van der Waals surface area contributed by atoms with Gasteiger partial charge in [-0.1, -0.05) is 28.1 Å². The fraction of sp³-hybridized carbons (Fsp3) is 0.115. The van der Waals surface area contributed by atoms with Crippen LogP contribution in [0.1, 0.15) is 11.1 Å². The first-order valence-electron chi connectivity index (χ1n) is 10.9. The molecule has 1 fully saturated rings. The van der Waals surface area contributed by atoms with E-state index in [0.717, 1.165) is 10.5 Å². The Bertz CT molecular complexity index is 1460. The Morgan fingerprint density at radius 3 is 2.54 bits per heavy atom. The van der Waals surface area contributed by atoms with Crippen molar-refractivity contribution in [1.29, 1.82) is 0 Å². The van der Waals surface area contributed by atoms with Gasteiger partial charge < -0.3 is 18.9 Å². The second-order valence-electron chi connectivity index (χ2n) is 7.94. The van der Waals surface area contributed by atoms with Crippen LogP contribution < -0.4 is 29.2 Å². The molecule has 2 aliphatic rings. The third kappa shape index (κ3) is 4.85. The topological polar surface area (TPSA) is 103 Å². The molecule has 1 N–H and O–H groups in total. The van der Waals surface area contributed by atoms with E-state index in [1.165, 1.54) is 37.5 Å². The molecule has 0 aromatic heterocycles. The number of fused-ring (bicyclic) bond motifs is 1. The Balaban J connectivity index is 1.43. The number of nitrogens with zero attached hydrogens (tertiary/aromatic N) is 1. The van der Waals surface area contributed by atoms with E-state index in [2.05, 4.69) is 21.2 Å². The van der Waals surface area contributed by atoms with Crippen LogP contribution in [0.25, 0.3) is 6.08 Å². The average Bonchev–Trinajstić information content (AvgIpc) is 3.35. The maximum Gasteiger partial charge on any atom is 0.335 e. The van der Waals surface area contributed by atoms with E-state index >= 15 is 0 Å². The number of imide groups is 2. The van der Waals surface area contributed by atoms with Crippen molar-refractivity contribution in [2.75, 3.05) is 18.8 Å². The lowest BCUT2D eigenvalue weighted by Crippen LogP contribution is -2.54. The second-order valence-corrected chi connectivity index (χ2v) is 8.79. The van der Waals surface area contributed by atoms with Crippen molar-refractivity contribution in [3.63, 3.8) is 0 Å². The van der Waals surface area contributed by atoms with E-state index in [1.807, 2.05) is 0 Å². The van der Waals surface area contributed by atoms with Gasteiger partial charge in [0.25, 0.3) is 11.8 Å². The van der Waals surface area contributed by atoms with Crippen molar-refractivity contribution in [1.82, 2.24) is 5.32 Å². The first-order chi connectivity index (χ1) is 17.8. The van der Waals surface area contributed by atoms with Crippen LogP contribution >= 0.6 is 15.9 Å². The third-order valence-corrected chi connectivity index (χ3v) is 6.29. The minimum Gasteiger partial charge on any atom is -0.493 e. The molecule has 0 saturated carbocycles. The summed E-state index contributed by atoms with van der Waals surface area (Å²) < 4.78 is 35.5. The summed E-state index contributed by atoms with van der Waals surface area (Å²) in [7, 11) is 1.45. The summed E-state index contributed by atoms with van der Waals surface area (Å²) in [6, 6.07) is 12.8. The number of urea groups is 1. The number of benzene rings is 3. The number of amides is 4. The van der Waals surface area contributed by atoms with Crippen LogP contribution in [0.5, 0.6) is 23.0 Å². The zero-order chi connectivity index (χ0) is 26.1. The van der Waals surface area contributed by atoms with Gasteiger partial charge in [0.05, 0.1) is 12.8 Å². The molecular weight excluding hydrogens is 551 g/mol. The van der Waals surface area contributed by atoms with Crippen molar-refractivity contribution in [3.05, 3.63) is 81.6 Å². The van der Waals surface area contributed by atoms with Gasteiger partial charge in [-0.05, 0) is 53.6 Å². The third-order valence-electron chi connectivity index (χ3n) is 5.61. The van der Waals surface area contributed by atoms with Crippen LogP contribution in [0.15, 0.2) is 64.6 Å². The molecule has 9 nitrogen and oxygen atoms in total. The highest BCUT2D eigenvalue weighted by Crippen LogP contribution is 2.38. The predicted octanol–water partition coefficient (Wildman–Crippen LogP) is 4.57. The lowest BCUT2D eigenvalue weighted by molar-refractivity contribution is -0.122. The molecular formula is C26H18BrFN2O7. The number of anilines is 1. The van der Waals surface area contributed by atoms with Gasteiger partial charge in [0.2, 0.25) is 6.79 Å². The summed E-state index contributed by atoms with van der Waals surface area (Å²) in [5.74, 6) is -0.407. The number of methoxy groups -OCH3 is 1. The average molecular weight is 569 g/mol. The Labute approximate surface area is 218 Å². The van der Waals surface area contributed by atoms with E-state index in [0.29, 0.717) is 33.0 Å². The van der Waals surface area contributed by atoms with Gasteiger partial charge in [0.1, 0.15) is 18.0 Å². The summed E-state index contributed by atoms with van der Waals surface area (Å²) in [5.41, 5.74) is 1.14. The van der Waals surface area contributed by atoms with Gasteiger partial charge in [0.15, 0.2) is 23.0 Å². The van der Waals surface area contributed by atoms with Gasteiger partial charge in [-0.25, -0.2) is 14.1 Å². The molecule has 3 aromatic carbocycles. The van der Waals surface area contributed by atoms with Gasteiger partial charge in [0, 0.05) is 10.5 Å². The summed E-state index contributed by atoms with van der Waals surface area (Å²) in [5, 5.41) is 2.19. The predicted molar refractivity (Wildman–Crippen MR) is 133 cm³/mol. The van der Waals surface area contributed by atoms with E-state index in [4.69, 9.17) is 18.9 Å². The van der Waals surface area contributed by atoms with Crippen molar-refractivity contribution < 1.29 is 37.7 Å². The van der Waals surface area contributed by atoms with Crippen molar-refractivity contribution in [2.24, 2.45) is 0 Å². The molecule has 4 amide bonds. The molecule has 0 radical (unpaired) electrons. The Morgan fingerprint density at radius 2 is 1.78 bits per heavy atom. The summed E-state index contributed by atoms with van der Waals surface area (Å²) >= 11 is 3.43. The molecule has 3 aromatic rings. The minimum absolute atomic E-state index is 0.0298. The zero-order valence-corrected chi connectivity index (χ0v) is 20.8. The normalized spacial score (nSPS) is 15.7. The quantitative estimate of drug-likeness (QED) is 0.343. The molecule has 0 aliphatic carbocycles. The standard InChI is InChI=1S/C26H18BrFN2O7/c1-34-21-9-15(19(27)11-23(21)35-12-14-2-4-16(28)5-3-14)8-18-24(31)29-26(33)30(25(18)32)17-6-7-20-22(10-17)37-13-36-20/h2-11H,12-13H2,1H3,(H,29,31,33)/b18-8+. The van der Waals surface area contributed by atoms with Crippen molar-refractivity contribution in [2.45, 2.75) is 6.61 Å². The Hall–Kier alpha value is -4.38. The zero-order valence-electron chi connectivity index (χ0n) is 19.2. The number of carbonyl (C=O) groups excluding carboxylic acids is 3. The smallest absolute Gasteiger partial charge is 0.335 e. The lowest BCUT2D eigenvalue weighted by Gasteiger charge is -2.26. The molecule has 11 heteroatoms. The largest absolute Gasteiger partial charge is 0.493 e. The summed E-state index contributed by atoms with van der Waals surface area (Å²) in [4.78, 5) is 39.3. The number of ether oxygens (including phenoxy) is 4. The number of carbonyl (C=O) groups is 3. The first kappa shape index (κ1) is 24.3. The molecule has 2 aliphatic heterocycles. The van der Waals surface area contributed by atoms with Crippen LogP contribution in [0.2, 0.25) is 0 Å². The molecule has 0 spiro atoms. The van der Waals surface area contributed by atoms with E-state index in [9.17, 15) is 18.8 Å². The highest BCUT2D eigenvalue weighted by Gasteiger charge is 2.37. The maximum absolute atomic E-state index is 13.3. The fourth-order valence-corrected chi connectivity index (χ4v) is 4.18. The molecule has 37 heavy (non-hydrogen) atoms. The van der Waals surface area contributed by atoms with Crippen LogP contribution in [-0.4, -0.2) is 31.7 Å². The van der Waals surface area contributed by atoms with Gasteiger partial charge in [-0.3, -0.25) is 14.9 Å². The van der Waals surface area contributed by atoms with Gasteiger partial charge in [-0.2, -0.15) is 0 Å². The van der Waals surface area contributed by atoms with Crippen molar-refractivity contribution >= 4 is 45.5 Å². The van der Waals surface area contributed by atoms with Crippen LogP contribution in [0.4, 0.5) is 14.9 Å². The molecule has 0 atom stereocenters. The summed E-state index contributed by atoms with van der Waals surface area (Å²) in [6.07, 6.45) is 1.35. The monoisotopic (exact) mass is 568 g/mol. The first-order valence-corrected chi connectivity index (χ1v) is 11.7. The van der Waals surface area contributed by atoms with E-state index in [-0.39, 0.29) is 30.5 Å². The number of halogens is 2. The maximum atomic E-state index is 13.3. The molecule has 2 heterocycles. The number of rotatable bonds is 6. The highest BCUT2D eigenvalue weighted by atomic mass is 79.9. The lowest BCUT2D eigenvalue weighted by atomic mass is 10.1. The molecule has 188 valence electrons. The van der Waals surface area contributed by atoms with E-state index in [1.54, 1.807) is 30.3 Å². The SMILES string of the molecule is COc1cc(/C=C2\C(=O)NC(=O)N(c3ccc4c(c3)OCO4)C2=O)c(Br)cc1OCc1ccc(F)cc1. The van der Waals surface area contributed by atoms with Crippen LogP contribution in [-0.2, 0) is 16.2 Å². The van der Waals surface area contributed by atoms with Gasteiger partial charge >= 0.3 is 6.03 Å². The molecule has 1 saturated heterocycles. The van der Waals surface area contributed by atoms with Crippen molar-refractivity contribution in [3.8, 4) is 23.0 Å². The number of hydrogen-bond donors (Lipinski definition) is 1. The number of nitrogens with one attached hydrogen (secondary N) is 1. The molecule has 5 rings (SSSR count). The number of hydrogen-bond acceptors (Lipinski definition) is 7. The molecule has 0 unspecified atom stereocenters. The van der Waals surface area contributed by atoms with E-state index < -0.39 is 17.8 Å². The highest BCUT2D eigenvalue weighted by molar-refractivity contribution is 9.10. The van der Waals surface area contributed by atoms with Crippen LogP contribution in [0, 0.1) is 5.82 Å². The van der Waals surface area contributed by atoms with Gasteiger partial charge in [-0.15, -0.1) is 0 Å². The molecule has 0 bridgehead atoms. The fourth-order valence-electron chi connectivity index (χ4n) is 3.75. The Morgan fingerprint density at radius 1 is 1.03 bits per heavy atom.